The Bertz CT molecular complexity index is 703. The number of methoxy groups -OCH3 is 1. The quantitative estimate of drug-likeness (QED) is 0.792. The molecule has 0 amide bonds. The first-order valence-corrected chi connectivity index (χ1v) is 8.61. The predicted molar refractivity (Wildman–Crippen MR) is 78.7 cm³/mol. The third-order valence-electron chi connectivity index (χ3n) is 3.20. The summed E-state index contributed by atoms with van der Waals surface area (Å²) in [7, 11) is -2.60. The first-order chi connectivity index (χ1) is 9.90. The van der Waals surface area contributed by atoms with E-state index in [9.17, 15) is 13.2 Å². The van der Waals surface area contributed by atoms with E-state index in [0.717, 1.165) is 10.4 Å². The molecule has 1 aromatic heterocycles. The van der Waals surface area contributed by atoms with Crippen LogP contribution in [0.15, 0.2) is 0 Å². The number of thiophene rings is 1. The van der Waals surface area contributed by atoms with Crippen molar-refractivity contribution >= 4 is 32.3 Å². The molecule has 114 valence electrons. The summed E-state index contributed by atoms with van der Waals surface area (Å²) in [5.74, 6) is -0.572. The summed E-state index contributed by atoms with van der Waals surface area (Å²) in [6.45, 7) is 2.59. The zero-order valence-corrected chi connectivity index (χ0v) is 13.2. The van der Waals surface area contributed by atoms with Crippen molar-refractivity contribution in [1.29, 1.82) is 5.26 Å². The zero-order chi connectivity index (χ0) is 15.6. The molecule has 1 atom stereocenters. The summed E-state index contributed by atoms with van der Waals surface area (Å²) in [5, 5.41) is 10.9. The van der Waals surface area contributed by atoms with Crippen molar-refractivity contribution in [3.63, 3.8) is 0 Å². The summed E-state index contributed by atoms with van der Waals surface area (Å²) in [6.07, 6.45) is 0.631. The fraction of sp³-hybridized carbons (Fsp3) is 0.500. The molecule has 0 radical (unpaired) electrons. The molecule has 2 heterocycles. The zero-order valence-electron chi connectivity index (χ0n) is 11.6. The molecule has 0 saturated heterocycles. The maximum absolute atomic E-state index is 12.0. The minimum absolute atomic E-state index is 0.220. The van der Waals surface area contributed by atoms with Crippen molar-refractivity contribution in [2.45, 2.75) is 25.1 Å². The number of rotatable bonds is 4. The van der Waals surface area contributed by atoms with Crippen LogP contribution < -0.4 is 10.0 Å². The number of hydrogen-bond acceptors (Lipinski definition) is 7. The van der Waals surface area contributed by atoms with Crippen LogP contribution in [0.25, 0.3) is 0 Å². The van der Waals surface area contributed by atoms with E-state index >= 15 is 0 Å². The van der Waals surface area contributed by atoms with Crippen LogP contribution in [-0.4, -0.2) is 33.3 Å². The molecule has 0 fully saturated rings. The van der Waals surface area contributed by atoms with Gasteiger partial charge in [-0.25, -0.2) is 13.2 Å². The molecule has 0 aromatic carbocycles. The Hall–Kier alpha value is -1.63. The number of nitrogens with one attached hydrogen (secondary N) is 2. The summed E-state index contributed by atoms with van der Waals surface area (Å²) in [5.41, 5.74) is 1.07. The molecule has 0 bridgehead atoms. The maximum Gasteiger partial charge on any atom is 0.341 e. The number of ether oxygens (including phenoxy) is 1. The Morgan fingerprint density at radius 2 is 2.29 bits per heavy atom. The first-order valence-electron chi connectivity index (χ1n) is 6.25. The van der Waals surface area contributed by atoms with Gasteiger partial charge < -0.3 is 10.1 Å². The van der Waals surface area contributed by atoms with Crippen molar-refractivity contribution in [2.75, 3.05) is 18.4 Å². The molecule has 7 nitrogen and oxygen atoms in total. The van der Waals surface area contributed by atoms with Gasteiger partial charge in [-0.1, -0.05) is 0 Å². The number of anilines is 1. The minimum atomic E-state index is -3.86. The number of sulfonamides is 1. The van der Waals surface area contributed by atoms with Crippen LogP contribution >= 0.6 is 11.3 Å². The van der Waals surface area contributed by atoms with Crippen molar-refractivity contribution in [2.24, 2.45) is 0 Å². The molecule has 2 N–H and O–H groups in total. The van der Waals surface area contributed by atoms with Gasteiger partial charge in [-0.15, -0.1) is 11.3 Å². The molecule has 1 aliphatic rings. The average Bonchev–Trinajstić information content (AvgIpc) is 2.82. The number of fused-ring (bicyclic) bond motifs is 1. The topological polar surface area (TPSA) is 108 Å². The van der Waals surface area contributed by atoms with Gasteiger partial charge in [0.15, 0.2) is 5.25 Å². The molecule has 2 rings (SSSR count). The molecule has 0 saturated carbocycles. The van der Waals surface area contributed by atoms with E-state index in [1.807, 2.05) is 0 Å². The second-order valence-electron chi connectivity index (χ2n) is 4.54. The number of nitriles is 1. The van der Waals surface area contributed by atoms with Gasteiger partial charge in [0.2, 0.25) is 10.0 Å². The highest BCUT2D eigenvalue weighted by atomic mass is 32.2. The Morgan fingerprint density at radius 3 is 2.90 bits per heavy atom. The van der Waals surface area contributed by atoms with E-state index in [4.69, 9.17) is 10.00 Å². The van der Waals surface area contributed by atoms with E-state index in [0.29, 0.717) is 19.5 Å². The Labute approximate surface area is 127 Å². The normalized spacial score (nSPS) is 15.7. The lowest BCUT2D eigenvalue weighted by Crippen LogP contribution is -2.25. The smallest absolute Gasteiger partial charge is 0.341 e. The lowest BCUT2D eigenvalue weighted by Gasteiger charge is -2.13. The molecule has 9 heteroatoms. The summed E-state index contributed by atoms with van der Waals surface area (Å²) in [6, 6.07) is 1.68. The summed E-state index contributed by atoms with van der Waals surface area (Å²) < 4.78 is 31.1. The van der Waals surface area contributed by atoms with Crippen LogP contribution in [0.4, 0.5) is 5.00 Å². The van der Waals surface area contributed by atoms with Crippen molar-refractivity contribution in [3.05, 3.63) is 16.0 Å². The molecular weight excluding hydrogens is 314 g/mol. The average molecular weight is 329 g/mol. The van der Waals surface area contributed by atoms with Gasteiger partial charge >= 0.3 is 5.97 Å². The number of carbonyl (C=O) groups excluding carboxylic acids is 1. The van der Waals surface area contributed by atoms with Crippen molar-refractivity contribution in [3.8, 4) is 6.07 Å². The van der Waals surface area contributed by atoms with Gasteiger partial charge in [0.05, 0.1) is 18.7 Å². The van der Waals surface area contributed by atoms with Crippen LogP contribution in [0.2, 0.25) is 0 Å². The molecule has 0 spiro atoms. The number of carbonyl (C=O) groups is 1. The predicted octanol–water partition coefficient (Wildman–Crippen LogP) is 0.834. The fourth-order valence-corrected chi connectivity index (χ4v) is 4.26. The van der Waals surface area contributed by atoms with E-state index < -0.39 is 21.2 Å². The highest BCUT2D eigenvalue weighted by Crippen LogP contribution is 2.36. The van der Waals surface area contributed by atoms with E-state index in [-0.39, 0.29) is 10.6 Å². The van der Waals surface area contributed by atoms with Crippen LogP contribution in [0.5, 0.6) is 0 Å². The third-order valence-corrected chi connectivity index (χ3v) is 6.00. The van der Waals surface area contributed by atoms with Crippen LogP contribution in [0.3, 0.4) is 0 Å². The highest BCUT2D eigenvalue weighted by Gasteiger charge is 2.29. The largest absolute Gasteiger partial charge is 0.465 e. The van der Waals surface area contributed by atoms with Gasteiger partial charge in [0.25, 0.3) is 0 Å². The highest BCUT2D eigenvalue weighted by molar-refractivity contribution is 7.93. The molecule has 0 aliphatic carbocycles. The minimum Gasteiger partial charge on any atom is -0.465 e. The van der Waals surface area contributed by atoms with Crippen molar-refractivity contribution < 1.29 is 17.9 Å². The van der Waals surface area contributed by atoms with Crippen LogP contribution in [0, 0.1) is 11.3 Å². The van der Waals surface area contributed by atoms with E-state index in [1.54, 1.807) is 6.07 Å². The number of hydrogen-bond donors (Lipinski definition) is 2. The summed E-state index contributed by atoms with van der Waals surface area (Å²) in [4.78, 5) is 12.9. The van der Waals surface area contributed by atoms with Gasteiger partial charge in [0.1, 0.15) is 5.00 Å². The monoisotopic (exact) mass is 329 g/mol. The molecule has 1 aliphatic heterocycles. The van der Waals surface area contributed by atoms with Gasteiger partial charge in [-0.3, -0.25) is 4.72 Å². The lowest BCUT2D eigenvalue weighted by molar-refractivity contribution is 0.0601. The Balaban J connectivity index is 2.47. The van der Waals surface area contributed by atoms with Gasteiger partial charge in [-0.05, 0) is 25.5 Å². The van der Waals surface area contributed by atoms with Gasteiger partial charge in [-0.2, -0.15) is 5.26 Å². The lowest BCUT2D eigenvalue weighted by atomic mass is 10.0. The third kappa shape index (κ3) is 3.02. The molecule has 1 aromatic rings. The van der Waals surface area contributed by atoms with Crippen molar-refractivity contribution in [1.82, 2.24) is 5.32 Å². The van der Waals surface area contributed by atoms with E-state index in [1.165, 1.54) is 25.4 Å². The second kappa shape index (κ2) is 6.01. The number of nitrogens with zero attached hydrogens (tertiary/aromatic N) is 1. The SMILES string of the molecule is COC(=O)c1c(NS(=O)(=O)C(C)C#N)sc2c1CCNC2. The first kappa shape index (κ1) is 15.8. The fourth-order valence-electron chi connectivity index (χ4n) is 2.01. The summed E-state index contributed by atoms with van der Waals surface area (Å²) >= 11 is 1.20. The van der Waals surface area contributed by atoms with E-state index in [2.05, 4.69) is 10.0 Å². The molecule has 21 heavy (non-hydrogen) atoms. The number of esters is 1. The standard InChI is InChI=1S/C12H15N3O4S2/c1-7(5-13)21(17,18)15-11-10(12(16)19-2)8-3-4-14-6-9(8)20-11/h7,14-15H,3-4,6H2,1-2H3. The molecular formula is C12H15N3O4S2. The van der Waals surface area contributed by atoms with Gasteiger partial charge in [0, 0.05) is 11.4 Å². The maximum atomic E-state index is 12.0. The van der Waals surface area contributed by atoms with Crippen LogP contribution in [0.1, 0.15) is 27.7 Å². The molecule has 1 unspecified atom stereocenters. The second-order valence-corrected chi connectivity index (χ2v) is 7.65. The Kier molecular flexibility index (Phi) is 4.51. The Morgan fingerprint density at radius 1 is 1.57 bits per heavy atom. The van der Waals surface area contributed by atoms with Crippen LogP contribution in [-0.2, 0) is 27.7 Å².